The molecule has 2 aliphatic heterocycles. The third kappa shape index (κ3) is 7.58. The van der Waals surface area contributed by atoms with Gasteiger partial charge in [-0.2, -0.15) is 0 Å². The van der Waals surface area contributed by atoms with E-state index in [4.69, 9.17) is 33.2 Å². The second kappa shape index (κ2) is 14.5. The minimum atomic E-state index is -2.03. The van der Waals surface area contributed by atoms with Crippen molar-refractivity contribution in [2.45, 2.75) is 55.3 Å². The number of aromatic hydroxyl groups is 1. The number of phenolic OH excluding ortho intramolecular Hbond substituents is 1. The molecule has 0 radical (unpaired) electrons. The first kappa shape index (κ1) is 33.4. The standard InChI is InChI=1S/C29H36O15/c1-38-19-9-15(3-6-17(19)31)5-8-22(32)41-13-29(37)14-42-28(26(29)36)40-12-21-23(33)24(34)25(35)27(44-21)43-18-7-4-16(11-30)10-20(18)39-2/h3-10,21,23-28,30-31,33-37H,11-14H2,1-2H3/b8-5+/t21-,23-,24+,25-,26+,27-,28-,29-/m1/s1. The van der Waals surface area contributed by atoms with E-state index in [-0.39, 0.29) is 29.6 Å². The van der Waals surface area contributed by atoms with Gasteiger partial charge in [-0.05, 0) is 41.5 Å². The molecule has 4 rings (SSSR count). The summed E-state index contributed by atoms with van der Waals surface area (Å²) in [5.41, 5.74) is -0.956. The molecule has 0 unspecified atom stereocenters. The highest BCUT2D eigenvalue weighted by atomic mass is 16.7. The van der Waals surface area contributed by atoms with E-state index in [1.165, 1.54) is 44.6 Å². The molecule has 0 saturated carbocycles. The Labute approximate surface area is 252 Å². The van der Waals surface area contributed by atoms with Gasteiger partial charge in [-0.15, -0.1) is 0 Å². The largest absolute Gasteiger partial charge is 0.504 e. The highest BCUT2D eigenvalue weighted by molar-refractivity contribution is 5.87. The molecular formula is C29H36O15. The maximum Gasteiger partial charge on any atom is 0.330 e. The maximum atomic E-state index is 12.2. The van der Waals surface area contributed by atoms with Crippen LogP contribution in [0.2, 0.25) is 0 Å². The Morgan fingerprint density at radius 3 is 2.43 bits per heavy atom. The van der Waals surface area contributed by atoms with Gasteiger partial charge in [-0.25, -0.2) is 4.79 Å². The smallest absolute Gasteiger partial charge is 0.330 e. The van der Waals surface area contributed by atoms with E-state index in [1.54, 1.807) is 12.1 Å². The van der Waals surface area contributed by atoms with Crippen LogP contribution >= 0.6 is 0 Å². The lowest BCUT2D eigenvalue weighted by molar-refractivity contribution is -0.289. The van der Waals surface area contributed by atoms with Gasteiger partial charge in [-0.3, -0.25) is 0 Å². The average Bonchev–Trinajstić information content (AvgIpc) is 3.32. The summed E-state index contributed by atoms with van der Waals surface area (Å²) in [6.45, 7) is -1.82. The molecule has 15 nitrogen and oxygen atoms in total. The molecule has 0 spiro atoms. The van der Waals surface area contributed by atoms with Crippen molar-refractivity contribution in [1.82, 2.24) is 0 Å². The number of carbonyl (C=O) groups is 1. The molecule has 2 heterocycles. The van der Waals surface area contributed by atoms with Crippen molar-refractivity contribution < 1.29 is 73.7 Å². The number of aliphatic hydroxyl groups is 6. The van der Waals surface area contributed by atoms with Crippen LogP contribution in [0.5, 0.6) is 23.0 Å². The SMILES string of the molecule is COc1cc(/C=C/C(=O)OC[C@@]2(O)CO[C@@H](OC[C@H]3O[C@@H](Oc4ccc(CO)cc4OC)[C@H](O)[C@@H](O)[C@@H]3O)[C@@H]2O)ccc1O. The van der Waals surface area contributed by atoms with E-state index >= 15 is 0 Å². The number of aliphatic hydroxyl groups excluding tert-OH is 5. The monoisotopic (exact) mass is 624 g/mol. The minimum absolute atomic E-state index is 0.0706. The normalized spacial score (nSPS) is 30.3. The number of hydrogen-bond donors (Lipinski definition) is 7. The molecular weight excluding hydrogens is 588 g/mol. The highest BCUT2D eigenvalue weighted by Gasteiger charge is 2.51. The lowest BCUT2D eigenvalue weighted by atomic mass is 9.99. The molecule has 0 aliphatic carbocycles. The van der Waals surface area contributed by atoms with Crippen molar-refractivity contribution in [3.63, 3.8) is 0 Å². The number of carbonyl (C=O) groups excluding carboxylic acids is 1. The van der Waals surface area contributed by atoms with E-state index in [0.29, 0.717) is 11.1 Å². The summed E-state index contributed by atoms with van der Waals surface area (Å²) < 4.78 is 37.5. The van der Waals surface area contributed by atoms with Gasteiger partial charge in [-0.1, -0.05) is 12.1 Å². The zero-order valence-electron chi connectivity index (χ0n) is 23.9. The van der Waals surface area contributed by atoms with Gasteiger partial charge in [0.2, 0.25) is 6.29 Å². The second-order valence-electron chi connectivity index (χ2n) is 10.2. The van der Waals surface area contributed by atoms with Crippen molar-refractivity contribution >= 4 is 12.0 Å². The first-order chi connectivity index (χ1) is 21.0. The Balaban J connectivity index is 1.31. The van der Waals surface area contributed by atoms with Crippen LogP contribution < -0.4 is 14.2 Å². The van der Waals surface area contributed by atoms with Crippen LogP contribution in [0, 0.1) is 0 Å². The van der Waals surface area contributed by atoms with Crippen LogP contribution in [0.1, 0.15) is 11.1 Å². The zero-order valence-corrected chi connectivity index (χ0v) is 23.9. The third-order valence-electron chi connectivity index (χ3n) is 7.13. The Morgan fingerprint density at radius 1 is 0.977 bits per heavy atom. The first-order valence-electron chi connectivity index (χ1n) is 13.5. The van der Waals surface area contributed by atoms with Crippen LogP contribution in [-0.4, -0.2) is 124 Å². The average molecular weight is 625 g/mol. The Kier molecular flexibility index (Phi) is 11.0. The lowest BCUT2D eigenvalue weighted by Crippen LogP contribution is -2.60. The molecule has 242 valence electrons. The predicted molar refractivity (Wildman–Crippen MR) is 148 cm³/mol. The van der Waals surface area contributed by atoms with E-state index in [1.807, 2.05) is 0 Å². The highest BCUT2D eigenvalue weighted by Crippen LogP contribution is 2.33. The number of hydrogen-bond acceptors (Lipinski definition) is 15. The van der Waals surface area contributed by atoms with Crippen molar-refractivity contribution in [3.8, 4) is 23.0 Å². The van der Waals surface area contributed by atoms with E-state index < -0.39 is 74.5 Å². The van der Waals surface area contributed by atoms with Crippen LogP contribution in [0.3, 0.4) is 0 Å². The lowest BCUT2D eigenvalue weighted by Gasteiger charge is -2.40. The number of esters is 1. The molecule has 2 aromatic carbocycles. The molecule has 15 heteroatoms. The summed E-state index contributed by atoms with van der Waals surface area (Å²) in [6, 6.07) is 8.97. The third-order valence-corrected chi connectivity index (χ3v) is 7.13. The molecule has 2 aliphatic rings. The van der Waals surface area contributed by atoms with Crippen LogP contribution in [0.15, 0.2) is 42.5 Å². The number of benzene rings is 2. The molecule has 2 saturated heterocycles. The molecule has 7 N–H and O–H groups in total. The quantitative estimate of drug-likeness (QED) is 0.109. The first-order valence-corrected chi connectivity index (χ1v) is 13.5. The Morgan fingerprint density at radius 2 is 1.73 bits per heavy atom. The van der Waals surface area contributed by atoms with E-state index in [9.17, 15) is 40.5 Å². The van der Waals surface area contributed by atoms with Crippen LogP contribution in [-0.2, 0) is 30.3 Å². The number of rotatable bonds is 12. The molecule has 0 amide bonds. The van der Waals surface area contributed by atoms with Crippen molar-refractivity contribution in [3.05, 3.63) is 53.6 Å². The fraction of sp³-hybridized carbons (Fsp3) is 0.483. The molecule has 8 atom stereocenters. The molecule has 0 bridgehead atoms. The summed E-state index contributed by atoms with van der Waals surface area (Å²) in [5, 5.41) is 71.8. The topological polar surface area (TPSA) is 223 Å². The van der Waals surface area contributed by atoms with E-state index in [2.05, 4.69) is 0 Å². The Bertz CT molecular complexity index is 1300. The second-order valence-corrected chi connectivity index (χ2v) is 10.2. The van der Waals surface area contributed by atoms with Gasteiger partial charge >= 0.3 is 5.97 Å². The summed E-state index contributed by atoms with van der Waals surface area (Å²) in [5.74, 6) is -0.343. The van der Waals surface area contributed by atoms with Crippen molar-refractivity contribution in [1.29, 1.82) is 0 Å². The molecule has 2 fully saturated rings. The summed E-state index contributed by atoms with van der Waals surface area (Å²) >= 11 is 0. The number of phenols is 1. The van der Waals surface area contributed by atoms with Gasteiger partial charge in [0.05, 0.1) is 34.0 Å². The number of methoxy groups -OCH3 is 2. The zero-order chi connectivity index (χ0) is 32.0. The fourth-order valence-corrected chi connectivity index (χ4v) is 4.50. The summed E-state index contributed by atoms with van der Waals surface area (Å²) in [7, 11) is 2.75. The van der Waals surface area contributed by atoms with E-state index in [0.717, 1.165) is 6.08 Å². The Hall–Kier alpha value is -3.51. The predicted octanol–water partition coefficient (Wildman–Crippen LogP) is -1.19. The summed E-state index contributed by atoms with van der Waals surface area (Å²) in [6.07, 6.45) is -8.36. The van der Waals surface area contributed by atoms with Crippen LogP contribution in [0.25, 0.3) is 6.08 Å². The minimum Gasteiger partial charge on any atom is -0.504 e. The molecule has 0 aromatic heterocycles. The fourth-order valence-electron chi connectivity index (χ4n) is 4.50. The van der Waals surface area contributed by atoms with Gasteiger partial charge in [0.1, 0.15) is 37.1 Å². The molecule has 44 heavy (non-hydrogen) atoms. The molecule has 2 aromatic rings. The van der Waals surface area contributed by atoms with Gasteiger partial charge in [0.15, 0.2) is 34.9 Å². The summed E-state index contributed by atoms with van der Waals surface area (Å²) in [4.78, 5) is 12.2. The van der Waals surface area contributed by atoms with Gasteiger partial charge < -0.3 is 68.9 Å². The van der Waals surface area contributed by atoms with Gasteiger partial charge in [0, 0.05) is 6.08 Å². The van der Waals surface area contributed by atoms with Crippen molar-refractivity contribution in [2.75, 3.05) is 34.0 Å². The van der Waals surface area contributed by atoms with Crippen molar-refractivity contribution in [2.24, 2.45) is 0 Å². The maximum absolute atomic E-state index is 12.2. The van der Waals surface area contributed by atoms with Crippen LogP contribution in [0.4, 0.5) is 0 Å². The van der Waals surface area contributed by atoms with Gasteiger partial charge in [0.25, 0.3) is 0 Å². The number of ether oxygens (including phenoxy) is 7.